The number of carbonyl (C=O) groups is 3. The molecular weight excluding hydrogens is 757 g/mol. The quantitative estimate of drug-likeness (QED) is 0.0176. The molecule has 0 aliphatic rings. The number of unbranched alkanes of at least 4 members (excludes halogenated alkanes) is 20. The van der Waals surface area contributed by atoms with Crippen LogP contribution >= 0.6 is 7.82 Å². The molecule has 0 rings (SSSR count). The Labute approximate surface area is 351 Å². The average molecular weight is 838 g/mol. The third-order valence-electron chi connectivity index (χ3n) is 9.34. The van der Waals surface area contributed by atoms with Crippen LogP contribution in [0, 0.1) is 0 Å². The first-order valence-corrected chi connectivity index (χ1v) is 23.9. The van der Waals surface area contributed by atoms with Crippen LogP contribution in [0.4, 0.5) is 0 Å². The van der Waals surface area contributed by atoms with Crippen LogP contribution in [0.1, 0.15) is 181 Å². The van der Waals surface area contributed by atoms with Gasteiger partial charge in [-0.25, -0.2) is 4.57 Å². The first kappa shape index (κ1) is 55.2. The number of phosphoric ester groups is 1. The molecule has 58 heavy (non-hydrogen) atoms. The number of allylic oxidation sites excluding steroid dienone is 10. The van der Waals surface area contributed by atoms with Crippen molar-refractivity contribution in [3.8, 4) is 0 Å². The highest BCUT2D eigenvalue weighted by Gasteiger charge is 2.28. The summed E-state index contributed by atoms with van der Waals surface area (Å²) in [7, 11) is -4.73. The van der Waals surface area contributed by atoms with Crippen LogP contribution in [0.2, 0.25) is 0 Å². The molecule has 11 nitrogen and oxygen atoms in total. The second kappa shape index (κ2) is 40.9. The number of rotatable bonds is 41. The van der Waals surface area contributed by atoms with Crippen molar-refractivity contribution in [3.05, 3.63) is 60.8 Å². The van der Waals surface area contributed by atoms with Gasteiger partial charge in [0.05, 0.1) is 13.2 Å². The number of carboxylic acids is 1. The van der Waals surface area contributed by atoms with Gasteiger partial charge in [0.2, 0.25) is 0 Å². The summed E-state index contributed by atoms with van der Waals surface area (Å²) < 4.78 is 32.7. The summed E-state index contributed by atoms with van der Waals surface area (Å²) in [5, 5.41) is 8.89. The first-order chi connectivity index (χ1) is 28.1. The van der Waals surface area contributed by atoms with Gasteiger partial charge in [-0.2, -0.15) is 0 Å². The van der Waals surface area contributed by atoms with Gasteiger partial charge in [0.15, 0.2) is 6.10 Å². The number of esters is 2. The molecule has 0 aromatic heterocycles. The summed E-state index contributed by atoms with van der Waals surface area (Å²) in [6.07, 6.45) is 47.1. The van der Waals surface area contributed by atoms with Gasteiger partial charge in [-0.05, 0) is 57.8 Å². The van der Waals surface area contributed by atoms with Crippen LogP contribution in [0.5, 0.6) is 0 Å². The highest BCUT2D eigenvalue weighted by Crippen LogP contribution is 2.43. The van der Waals surface area contributed by atoms with Crippen LogP contribution in [0.15, 0.2) is 60.8 Å². The molecule has 0 aromatic rings. The number of hydrogen-bond donors (Lipinski definition) is 3. The van der Waals surface area contributed by atoms with Crippen LogP contribution in [0.25, 0.3) is 0 Å². The fourth-order valence-electron chi connectivity index (χ4n) is 5.83. The van der Waals surface area contributed by atoms with Crippen LogP contribution < -0.4 is 5.73 Å². The molecule has 4 N–H and O–H groups in total. The molecule has 0 heterocycles. The summed E-state index contributed by atoms with van der Waals surface area (Å²) in [4.78, 5) is 46.0. The Bertz CT molecular complexity index is 1210. The number of aliphatic carboxylic acids is 1. The smallest absolute Gasteiger partial charge is 0.472 e. The Morgan fingerprint density at radius 2 is 0.983 bits per heavy atom. The van der Waals surface area contributed by atoms with E-state index in [0.717, 1.165) is 57.8 Å². The topological polar surface area (TPSA) is 172 Å². The van der Waals surface area contributed by atoms with Crippen molar-refractivity contribution in [2.45, 2.75) is 193 Å². The molecule has 0 aromatic carbocycles. The number of phosphoric acid groups is 1. The number of ether oxygens (including phenoxy) is 2. The van der Waals surface area contributed by atoms with E-state index in [4.69, 9.17) is 24.8 Å². The molecule has 0 aliphatic carbocycles. The van der Waals surface area contributed by atoms with Gasteiger partial charge < -0.3 is 25.2 Å². The van der Waals surface area contributed by atoms with Gasteiger partial charge >= 0.3 is 25.7 Å². The molecule has 0 fully saturated rings. The Morgan fingerprint density at radius 3 is 1.50 bits per heavy atom. The van der Waals surface area contributed by atoms with E-state index >= 15 is 0 Å². The SMILES string of the molecule is CC/C=C/C=C/C=C/C=C/CCCCCCCC(=O)OC[C@H](COP(=O)(O)OC[C@H](N)C(=O)O)OC(=O)CCCCCCCCCCC/C=C/CCCCCCCC. The molecule has 0 aliphatic heterocycles. The van der Waals surface area contributed by atoms with E-state index in [1.807, 2.05) is 36.5 Å². The summed E-state index contributed by atoms with van der Waals surface area (Å²) in [6, 6.07) is -1.53. The zero-order chi connectivity index (χ0) is 42.8. The highest BCUT2D eigenvalue weighted by molar-refractivity contribution is 7.47. The summed E-state index contributed by atoms with van der Waals surface area (Å²) >= 11 is 0. The minimum Gasteiger partial charge on any atom is -0.480 e. The monoisotopic (exact) mass is 838 g/mol. The first-order valence-electron chi connectivity index (χ1n) is 22.4. The third kappa shape index (κ3) is 40.0. The van der Waals surface area contributed by atoms with E-state index in [0.29, 0.717) is 12.8 Å². The minimum absolute atomic E-state index is 0.151. The molecule has 0 saturated heterocycles. The second-order valence-electron chi connectivity index (χ2n) is 14.9. The molecule has 0 amide bonds. The Hall–Kier alpha value is -2.82. The van der Waals surface area contributed by atoms with Crippen LogP contribution in [0.3, 0.4) is 0 Å². The third-order valence-corrected chi connectivity index (χ3v) is 10.3. The molecule has 1 unspecified atom stereocenters. The molecule has 0 spiro atoms. The predicted molar refractivity (Wildman–Crippen MR) is 235 cm³/mol. The Kier molecular flexibility index (Phi) is 38.9. The van der Waals surface area contributed by atoms with Crippen molar-refractivity contribution in [1.29, 1.82) is 0 Å². The fourth-order valence-corrected chi connectivity index (χ4v) is 6.61. The van der Waals surface area contributed by atoms with Gasteiger partial charge in [-0.1, -0.05) is 171 Å². The molecule has 0 radical (unpaired) electrons. The van der Waals surface area contributed by atoms with E-state index in [1.54, 1.807) is 0 Å². The zero-order valence-corrected chi connectivity index (χ0v) is 37.0. The lowest BCUT2D eigenvalue weighted by Crippen LogP contribution is -2.34. The number of carbonyl (C=O) groups excluding carboxylic acids is 2. The summed E-state index contributed by atoms with van der Waals surface area (Å²) in [5.74, 6) is -2.41. The van der Waals surface area contributed by atoms with Crippen molar-refractivity contribution < 1.29 is 47.5 Å². The minimum atomic E-state index is -4.73. The largest absolute Gasteiger partial charge is 0.480 e. The number of nitrogens with two attached hydrogens (primary N) is 1. The second-order valence-corrected chi connectivity index (χ2v) is 16.3. The van der Waals surface area contributed by atoms with Crippen molar-refractivity contribution >= 4 is 25.7 Å². The Balaban J connectivity index is 4.37. The Morgan fingerprint density at radius 1 is 0.552 bits per heavy atom. The predicted octanol–water partition coefficient (Wildman–Crippen LogP) is 12.0. The highest BCUT2D eigenvalue weighted by atomic mass is 31.2. The summed E-state index contributed by atoms with van der Waals surface area (Å²) in [5.41, 5.74) is 5.33. The van der Waals surface area contributed by atoms with Crippen molar-refractivity contribution in [3.63, 3.8) is 0 Å². The lowest BCUT2D eigenvalue weighted by molar-refractivity contribution is -0.161. The molecule has 0 bridgehead atoms. The standard InChI is InChI=1S/C46H80NO10P/c1-3-5-7-9-11-13-15-17-19-20-21-22-24-26-28-30-32-34-36-38-45(49)57-42(40-55-58(52,53)56-41-43(47)46(50)51)39-54-44(48)37-35-33-31-29-27-25-23-18-16-14-12-10-8-6-4-2/h6,8,10,12,14,16-19,23,42-43H,3-5,7,9,11,13,15,20-22,24-41,47H2,1-2H3,(H,50,51)(H,52,53)/b8-6+,12-10+,16-14+,19-17+,23-18+/t42-,43+/m1/s1. The molecule has 12 heteroatoms. The maximum Gasteiger partial charge on any atom is 0.472 e. The molecule has 3 atom stereocenters. The van der Waals surface area contributed by atoms with Crippen molar-refractivity contribution in [1.82, 2.24) is 0 Å². The van der Waals surface area contributed by atoms with E-state index in [9.17, 15) is 23.8 Å². The van der Waals surface area contributed by atoms with Crippen LogP contribution in [-0.4, -0.2) is 59.9 Å². The fraction of sp³-hybridized carbons (Fsp3) is 0.717. The van der Waals surface area contributed by atoms with E-state index in [1.165, 1.54) is 83.5 Å². The van der Waals surface area contributed by atoms with Gasteiger partial charge in [-0.15, -0.1) is 0 Å². The lowest BCUT2D eigenvalue weighted by Gasteiger charge is -2.20. The van der Waals surface area contributed by atoms with Crippen molar-refractivity contribution in [2.75, 3.05) is 19.8 Å². The molecule has 0 saturated carbocycles. The normalized spacial score (nSPS) is 14.3. The van der Waals surface area contributed by atoms with Gasteiger partial charge in [0, 0.05) is 12.8 Å². The van der Waals surface area contributed by atoms with E-state index in [-0.39, 0.29) is 19.4 Å². The van der Waals surface area contributed by atoms with Gasteiger partial charge in [0.1, 0.15) is 12.6 Å². The van der Waals surface area contributed by atoms with Gasteiger partial charge in [-0.3, -0.25) is 23.4 Å². The van der Waals surface area contributed by atoms with E-state index in [2.05, 4.69) is 42.7 Å². The zero-order valence-electron chi connectivity index (χ0n) is 36.1. The lowest BCUT2D eigenvalue weighted by atomic mass is 10.1. The van der Waals surface area contributed by atoms with Crippen molar-refractivity contribution in [2.24, 2.45) is 5.73 Å². The maximum absolute atomic E-state index is 12.6. The maximum atomic E-state index is 12.6. The van der Waals surface area contributed by atoms with Crippen LogP contribution in [-0.2, 0) is 37.5 Å². The summed E-state index contributed by atoms with van der Waals surface area (Å²) in [6.45, 7) is 2.63. The number of hydrogen-bond acceptors (Lipinski definition) is 9. The van der Waals surface area contributed by atoms with Gasteiger partial charge in [0.25, 0.3) is 0 Å². The van der Waals surface area contributed by atoms with E-state index < -0.39 is 51.1 Å². The number of carboxylic acid groups (broad SMARTS) is 1. The average Bonchev–Trinajstić information content (AvgIpc) is 3.20. The molecular formula is C46H80NO10P. The molecule has 334 valence electrons.